The molecule has 0 atom stereocenters. The van der Waals surface area contributed by atoms with E-state index in [1.807, 2.05) is 35.3 Å². The summed E-state index contributed by atoms with van der Waals surface area (Å²) in [6, 6.07) is 16.2. The third kappa shape index (κ3) is 3.41. The quantitative estimate of drug-likeness (QED) is 0.301. The van der Waals surface area contributed by atoms with Crippen LogP contribution in [-0.4, -0.2) is 30.8 Å². The first-order valence-corrected chi connectivity index (χ1v) is 8.46. The molecule has 0 radical (unpaired) electrons. The average Bonchev–Trinajstić information content (AvgIpc) is 2.71. The number of hydrazone groups is 1. The Kier molecular flexibility index (Phi) is 4.49. The zero-order valence-electron chi connectivity index (χ0n) is 14.8. The van der Waals surface area contributed by atoms with E-state index in [2.05, 4.69) is 20.5 Å². The molecule has 0 spiro atoms. The van der Waals surface area contributed by atoms with Gasteiger partial charge in [-0.05, 0) is 24.3 Å². The second kappa shape index (κ2) is 7.27. The summed E-state index contributed by atoms with van der Waals surface area (Å²) in [6.07, 6.45) is 1.01. The number of para-hydroxylation sites is 2. The van der Waals surface area contributed by atoms with Gasteiger partial charge in [0.15, 0.2) is 0 Å². The van der Waals surface area contributed by atoms with Gasteiger partial charge in [0.25, 0.3) is 11.1 Å². The van der Waals surface area contributed by atoms with E-state index in [0.717, 1.165) is 11.9 Å². The molecule has 0 bridgehead atoms. The Morgan fingerprint density at radius 3 is 2.48 bits per heavy atom. The van der Waals surface area contributed by atoms with E-state index in [9.17, 15) is 19.5 Å². The predicted octanol–water partition coefficient (Wildman–Crippen LogP) is 0.914. The van der Waals surface area contributed by atoms with Crippen molar-refractivity contribution in [2.75, 3.05) is 5.43 Å². The lowest BCUT2D eigenvalue weighted by atomic mass is 10.2. The van der Waals surface area contributed by atoms with E-state index >= 15 is 0 Å². The number of H-pyrrole nitrogens is 2. The number of anilines is 1. The van der Waals surface area contributed by atoms with Crippen molar-refractivity contribution in [3.63, 3.8) is 0 Å². The SMILES string of the molecule is O=c1[nH]c(O)c(/C=N/Nc2nc(=O)c3ccccc3n2-c2ccccc2)c(=O)[nH]1. The van der Waals surface area contributed by atoms with Crippen LogP contribution in [0.15, 0.2) is 74.1 Å². The third-order valence-electron chi connectivity index (χ3n) is 4.13. The van der Waals surface area contributed by atoms with E-state index < -0.39 is 22.7 Å². The van der Waals surface area contributed by atoms with Crippen LogP contribution >= 0.6 is 0 Å². The maximum Gasteiger partial charge on any atom is 0.328 e. The van der Waals surface area contributed by atoms with Gasteiger partial charge in [0, 0.05) is 5.69 Å². The number of aromatic nitrogens is 4. The van der Waals surface area contributed by atoms with Gasteiger partial charge in [0.2, 0.25) is 11.8 Å². The summed E-state index contributed by atoms with van der Waals surface area (Å²) in [6.45, 7) is 0. The molecular formula is C19H14N6O4. The minimum Gasteiger partial charge on any atom is -0.494 e. The van der Waals surface area contributed by atoms with E-state index in [0.29, 0.717) is 10.9 Å². The Labute approximate surface area is 161 Å². The highest BCUT2D eigenvalue weighted by Gasteiger charge is 2.12. The molecule has 4 rings (SSSR count). The molecule has 0 fully saturated rings. The van der Waals surface area contributed by atoms with Gasteiger partial charge in [0.05, 0.1) is 17.1 Å². The first-order valence-electron chi connectivity index (χ1n) is 8.46. The van der Waals surface area contributed by atoms with Crippen molar-refractivity contribution in [1.82, 2.24) is 19.5 Å². The van der Waals surface area contributed by atoms with Crippen LogP contribution in [0.3, 0.4) is 0 Å². The molecule has 0 aliphatic heterocycles. The number of aromatic amines is 2. The Hall–Kier alpha value is -4.47. The van der Waals surface area contributed by atoms with Crippen molar-refractivity contribution < 1.29 is 5.11 Å². The topological polar surface area (TPSA) is 145 Å². The van der Waals surface area contributed by atoms with Crippen molar-refractivity contribution >= 4 is 23.1 Å². The molecule has 10 heteroatoms. The molecule has 2 heterocycles. The van der Waals surface area contributed by atoms with Gasteiger partial charge < -0.3 is 5.11 Å². The maximum atomic E-state index is 12.4. The summed E-state index contributed by atoms with van der Waals surface area (Å²) < 4.78 is 1.70. The molecule has 4 N–H and O–H groups in total. The van der Waals surface area contributed by atoms with Crippen LogP contribution < -0.4 is 22.2 Å². The summed E-state index contributed by atoms with van der Waals surface area (Å²) in [5.74, 6) is -0.521. The smallest absolute Gasteiger partial charge is 0.328 e. The maximum absolute atomic E-state index is 12.4. The second-order valence-electron chi connectivity index (χ2n) is 5.97. The third-order valence-corrected chi connectivity index (χ3v) is 4.13. The number of rotatable bonds is 4. The van der Waals surface area contributed by atoms with E-state index in [-0.39, 0.29) is 11.5 Å². The van der Waals surface area contributed by atoms with Crippen LogP contribution in [-0.2, 0) is 0 Å². The molecule has 0 unspecified atom stereocenters. The van der Waals surface area contributed by atoms with Gasteiger partial charge in [-0.3, -0.25) is 24.1 Å². The summed E-state index contributed by atoms with van der Waals surface area (Å²) in [5.41, 5.74) is 1.61. The Balaban J connectivity index is 1.83. The molecular weight excluding hydrogens is 376 g/mol. The minimum atomic E-state index is -0.841. The van der Waals surface area contributed by atoms with E-state index in [4.69, 9.17) is 0 Å². The Bertz CT molecular complexity index is 1400. The number of nitrogens with one attached hydrogen (secondary N) is 3. The van der Waals surface area contributed by atoms with Crippen LogP contribution in [0.4, 0.5) is 5.95 Å². The lowest BCUT2D eigenvalue weighted by Gasteiger charge is -2.15. The molecule has 0 saturated heterocycles. The van der Waals surface area contributed by atoms with Crippen molar-refractivity contribution in [3.8, 4) is 11.6 Å². The normalized spacial score (nSPS) is 11.2. The Morgan fingerprint density at radius 1 is 1.00 bits per heavy atom. The molecule has 144 valence electrons. The van der Waals surface area contributed by atoms with Gasteiger partial charge >= 0.3 is 5.69 Å². The standard InChI is InChI=1S/C19H14N6O4/c26-15-12-8-4-5-9-14(12)25(11-6-2-1-3-7-11)18(21-15)24-20-10-13-16(27)22-19(29)23-17(13)28/h1-10H,(H,21,24,26)(H3,22,23,27,28,29)/b20-10+. The molecule has 0 aliphatic carbocycles. The number of hydrogen-bond donors (Lipinski definition) is 4. The van der Waals surface area contributed by atoms with Gasteiger partial charge in [-0.15, -0.1) is 0 Å². The number of benzene rings is 2. The fourth-order valence-corrected chi connectivity index (χ4v) is 2.84. The fraction of sp³-hybridized carbons (Fsp3) is 0. The molecule has 2 aromatic heterocycles. The summed E-state index contributed by atoms with van der Waals surface area (Å²) in [4.78, 5) is 43.4. The zero-order valence-corrected chi connectivity index (χ0v) is 14.8. The number of aromatic hydroxyl groups is 1. The largest absolute Gasteiger partial charge is 0.494 e. The first-order chi connectivity index (χ1) is 14.0. The van der Waals surface area contributed by atoms with Crippen LogP contribution in [0.2, 0.25) is 0 Å². The van der Waals surface area contributed by atoms with Gasteiger partial charge in [-0.1, -0.05) is 30.3 Å². The molecule has 0 amide bonds. The summed E-state index contributed by atoms with van der Waals surface area (Å²) in [5, 5.41) is 14.1. The lowest BCUT2D eigenvalue weighted by Crippen LogP contribution is -2.25. The van der Waals surface area contributed by atoms with Crippen molar-refractivity contribution in [3.05, 3.63) is 91.4 Å². The fourth-order valence-electron chi connectivity index (χ4n) is 2.84. The Morgan fingerprint density at radius 2 is 1.72 bits per heavy atom. The van der Waals surface area contributed by atoms with Crippen LogP contribution in [0.1, 0.15) is 5.56 Å². The highest BCUT2D eigenvalue weighted by molar-refractivity contribution is 5.83. The number of fused-ring (bicyclic) bond motifs is 1. The highest BCUT2D eigenvalue weighted by Crippen LogP contribution is 2.20. The molecule has 29 heavy (non-hydrogen) atoms. The molecule has 4 aromatic rings. The highest BCUT2D eigenvalue weighted by atomic mass is 16.3. The average molecular weight is 390 g/mol. The lowest BCUT2D eigenvalue weighted by molar-refractivity contribution is 0.447. The van der Waals surface area contributed by atoms with Crippen LogP contribution in [0.5, 0.6) is 5.88 Å². The van der Waals surface area contributed by atoms with E-state index in [1.165, 1.54) is 0 Å². The van der Waals surface area contributed by atoms with Gasteiger partial charge in [-0.2, -0.15) is 10.1 Å². The predicted molar refractivity (Wildman–Crippen MR) is 108 cm³/mol. The summed E-state index contributed by atoms with van der Waals surface area (Å²) in [7, 11) is 0. The monoisotopic (exact) mass is 390 g/mol. The molecule has 0 aliphatic rings. The van der Waals surface area contributed by atoms with Crippen LogP contribution in [0.25, 0.3) is 16.6 Å². The molecule has 2 aromatic carbocycles. The minimum absolute atomic E-state index is 0.108. The molecule has 0 saturated carbocycles. The zero-order chi connectivity index (χ0) is 20.4. The summed E-state index contributed by atoms with van der Waals surface area (Å²) >= 11 is 0. The second-order valence-corrected chi connectivity index (χ2v) is 5.97. The van der Waals surface area contributed by atoms with Gasteiger partial charge in [0.1, 0.15) is 5.56 Å². The molecule has 10 nitrogen and oxygen atoms in total. The number of hydrogen-bond acceptors (Lipinski definition) is 7. The van der Waals surface area contributed by atoms with Crippen molar-refractivity contribution in [2.45, 2.75) is 0 Å². The van der Waals surface area contributed by atoms with Crippen LogP contribution in [0, 0.1) is 0 Å². The first kappa shape index (κ1) is 17.9. The van der Waals surface area contributed by atoms with Crippen molar-refractivity contribution in [1.29, 1.82) is 0 Å². The van der Waals surface area contributed by atoms with Gasteiger partial charge in [-0.25, -0.2) is 10.2 Å². The number of nitrogens with zero attached hydrogens (tertiary/aromatic N) is 3. The van der Waals surface area contributed by atoms with Crippen molar-refractivity contribution in [2.24, 2.45) is 5.10 Å². The van der Waals surface area contributed by atoms with E-state index in [1.54, 1.807) is 28.8 Å².